The second kappa shape index (κ2) is 12.2. The largest absolute Gasteiger partial charge is 0.466 e. The van der Waals surface area contributed by atoms with Crippen LogP contribution in [0.1, 0.15) is 87.0 Å². The van der Waals surface area contributed by atoms with Gasteiger partial charge in [0.2, 0.25) is 0 Å². The van der Waals surface area contributed by atoms with Gasteiger partial charge in [0.15, 0.2) is 0 Å². The van der Waals surface area contributed by atoms with Gasteiger partial charge < -0.3 is 24.8 Å². The van der Waals surface area contributed by atoms with Crippen molar-refractivity contribution in [3.8, 4) is 0 Å². The number of hydrogen-bond acceptors (Lipinski definition) is 6. The fraction of sp³-hybridized carbons (Fsp3) is 0.870. The Bertz CT molecular complexity index is 586. The lowest BCUT2D eigenvalue weighted by Gasteiger charge is -2.35. The Hall–Kier alpha value is -1.99. The molecule has 0 aromatic rings. The summed E-state index contributed by atoms with van der Waals surface area (Å²) in [6.07, 6.45) is 4.56. The van der Waals surface area contributed by atoms with Crippen molar-refractivity contribution in [1.82, 2.24) is 10.6 Å². The number of nitrogens with one attached hydrogen (secondary N) is 2. The number of esters is 1. The predicted octanol–water partition coefficient (Wildman–Crippen LogP) is 4.55. The van der Waals surface area contributed by atoms with Crippen LogP contribution in [0.15, 0.2) is 0 Å². The Morgan fingerprint density at radius 3 is 1.97 bits per heavy atom. The van der Waals surface area contributed by atoms with Gasteiger partial charge in [-0.05, 0) is 91.9 Å². The SMILES string of the molecule is CC(=O)OCC[C@H]1CC[C@H](C(CCNC(=O)OC(C)(C)C)NC(=O)OC(C)(C)C)CC1. The molecule has 0 heterocycles. The Kier molecular flexibility index (Phi) is 10.6. The van der Waals surface area contributed by atoms with Crippen LogP contribution in [-0.2, 0) is 19.0 Å². The predicted molar refractivity (Wildman–Crippen MR) is 119 cm³/mol. The van der Waals surface area contributed by atoms with E-state index < -0.39 is 23.4 Å². The maximum Gasteiger partial charge on any atom is 0.407 e. The van der Waals surface area contributed by atoms with E-state index in [1.54, 1.807) is 0 Å². The molecule has 8 heteroatoms. The molecule has 1 aliphatic rings. The van der Waals surface area contributed by atoms with Crippen molar-refractivity contribution in [1.29, 1.82) is 0 Å². The first-order chi connectivity index (χ1) is 14.2. The molecule has 180 valence electrons. The van der Waals surface area contributed by atoms with Gasteiger partial charge in [-0.25, -0.2) is 9.59 Å². The molecule has 0 saturated heterocycles. The van der Waals surface area contributed by atoms with Gasteiger partial charge in [-0.1, -0.05) is 0 Å². The summed E-state index contributed by atoms with van der Waals surface area (Å²) in [7, 11) is 0. The molecule has 0 radical (unpaired) electrons. The van der Waals surface area contributed by atoms with E-state index in [1.807, 2.05) is 41.5 Å². The molecule has 2 amide bonds. The summed E-state index contributed by atoms with van der Waals surface area (Å²) in [5.74, 6) is 0.586. The average molecular weight is 443 g/mol. The van der Waals surface area contributed by atoms with Crippen LogP contribution in [-0.4, -0.2) is 48.6 Å². The Balaban J connectivity index is 2.59. The van der Waals surface area contributed by atoms with Crippen LogP contribution in [0.3, 0.4) is 0 Å². The van der Waals surface area contributed by atoms with Crippen LogP contribution in [0, 0.1) is 11.8 Å². The molecule has 0 aromatic heterocycles. The van der Waals surface area contributed by atoms with Gasteiger partial charge in [0.1, 0.15) is 11.2 Å². The molecule has 1 unspecified atom stereocenters. The third kappa shape index (κ3) is 13.1. The molecule has 1 fully saturated rings. The molecule has 0 aliphatic heterocycles. The van der Waals surface area contributed by atoms with Crippen molar-refractivity contribution in [3.63, 3.8) is 0 Å². The van der Waals surface area contributed by atoms with E-state index in [2.05, 4.69) is 10.6 Å². The minimum Gasteiger partial charge on any atom is -0.466 e. The Morgan fingerprint density at radius 1 is 0.903 bits per heavy atom. The fourth-order valence-corrected chi connectivity index (χ4v) is 3.78. The molecule has 0 spiro atoms. The summed E-state index contributed by atoms with van der Waals surface area (Å²) in [6, 6.07) is -0.0980. The maximum atomic E-state index is 12.4. The van der Waals surface area contributed by atoms with Gasteiger partial charge in [0, 0.05) is 19.5 Å². The maximum absolute atomic E-state index is 12.4. The zero-order valence-corrected chi connectivity index (χ0v) is 20.3. The van der Waals surface area contributed by atoms with E-state index >= 15 is 0 Å². The second-order valence-electron chi connectivity index (χ2n) is 10.4. The van der Waals surface area contributed by atoms with Gasteiger partial charge in [-0.15, -0.1) is 0 Å². The number of carbonyl (C=O) groups excluding carboxylic acids is 3. The first-order valence-corrected chi connectivity index (χ1v) is 11.3. The molecule has 1 atom stereocenters. The van der Waals surface area contributed by atoms with Gasteiger partial charge in [0.25, 0.3) is 0 Å². The third-order valence-electron chi connectivity index (χ3n) is 5.12. The van der Waals surface area contributed by atoms with Crippen LogP contribution >= 0.6 is 0 Å². The molecule has 0 aromatic carbocycles. The standard InChI is InChI=1S/C23H42N2O6/c1-16(26)29-15-13-17-8-10-18(11-9-17)19(25-21(28)31-23(5,6)7)12-14-24-20(27)30-22(2,3)4/h17-19H,8-15H2,1-7H3,(H,24,27)(H,25,28)/t17-,18-,19?. The number of hydrogen-bond donors (Lipinski definition) is 2. The summed E-state index contributed by atoms with van der Waals surface area (Å²) in [4.78, 5) is 35.2. The summed E-state index contributed by atoms with van der Waals surface area (Å²) in [6.45, 7) is 13.2. The van der Waals surface area contributed by atoms with Gasteiger partial charge in [-0.3, -0.25) is 4.79 Å². The van der Waals surface area contributed by atoms with Crippen LogP contribution in [0.4, 0.5) is 9.59 Å². The Morgan fingerprint density at radius 2 is 1.45 bits per heavy atom. The van der Waals surface area contributed by atoms with E-state index in [-0.39, 0.29) is 12.0 Å². The summed E-state index contributed by atoms with van der Waals surface area (Å²) in [5.41, 5.74) is -1.12. The third-order valence-corrected chi connectivity index (χ3v) is 5.12. The first kappa shape index (κ1) is 27.0. The van der Waals surface area contributed by atoms with Crippen molar-refractivity contribution < 1.29 is 28.6 Å². The van der Waals surface area contributed by atoms with Crippen molar-refractivity contribution >= 4 is 18.2 Å². The van der Waals surface area contributed by atoms with Crippen molar-refractivity contribution in [2.45, 2.75) is 104 Å². The topological polar surface area (TPSA) is 103 Å². The van der Waals surface area contributed by atoms with Gasteiger partial charge in [0.05, 0.1) is 6.61 Å². The Labute approximate surface area is 187 Å². The zero-order chi connectivity index (χ0) is 23.7. The van der Waals surface area contributed by atoms with E-state index in [0.717, 1.165) is 32.1 Å². The molecule has 2 N–H and O–H groups in total. The highest BCUT2D eigenvalue weighted by Gasteiger charge is 2.30. The van der Waals surface area contributed by atoms with Crippen LogP contribution in [0.2, 0.25) is 0 Å². The molecular weight excluding hydrogens is 400 g/mol. The van der Waals surface area contributed by atoms with Crippen LogP contribution in [0.25, 0.3) is 0 Å². The van der Waals surface area contributed by atoms with E-state index in [0.29, 0.717) is 31.4 Å². The summed E-state index contributed by atoms with van der Waals surface area (Å²) < 4.78 is 15.8. The van der Waals surface area contributed by atoms with Gasteiger partial charge in [-0.2, -0.15) is 0 Å². The smallest absolute Gasteiger partial charge is 0.407 e. The van der Waals surface area contributed by atoms with E-state index in [9.17, 15) is 14.4 Å². The number of alkyl carbamates (subject to hydrolysis) is 2. The lowest BCUT2D eigenvalue weighted by atomic mass is 9.76. The average Bonchev–Trinajstić information content (AvgIpc) is 2.58. The summed E-state index contributed by atoms with van der Waals surface area (Å²) >= 11 is 0. The van der Waals surface area contributed by atoms with Crippen LogP contribution in [0.5, 0.6) is 0 Å². The number of carbonyl (C=O) groups is 3. The molecule has 0 bridgehead atoms. The highest BCUT2D eigenvalue weighted by Crippen LogP contribution is 2.33. The molecule has 1 aliphatic carbocycles. The zero-order valence-electron chi connectivity index (χ0n) is 20.3. The number of amides is 2. The second-order valence-corrected chi connectivity index (χ2v) is 10.4. The lowest BCUT2D eigenvalue weighted by Crippen LogP contribution is -2.46. The minimum atomic E-state index is -0.572. The van der Waals surface area contributed by atoms with Crippen molar-refractivity contribution in [2.75, 3.05) is 13.2 Å². The number of ether oxygens (including phenoxy) is 3. The monoisotopic (exact) mass is 442 g/mol. The van der Waals surface area contributed by atoms with Crippen molar-refractivity contribution in [3.05, 3.63) is 0 Å². The molecular formula is C23H42N2O6. The number of rotatable bonds is 8. The molecule has 31 heavy (non-hydrogen) atoms. The van der Waals surface area contributed by atoms with E-state index in [1.165, 1.54) is 6.92 Å². The molecule has 8 nitrogen and oxygen atoms in total. The fourth-order valence-electron chi connectivity index (χ4n) is 3.78. The quantitative estimate of drug-likeness (QED) is 0.422. The van der Waals surface area contributed by atoms with Crippen molar-refractivity contribution in [2.24, 2.45) is 11.8 Å². The van der Waals surface area contributed by atoms with Gasteiger partial charge >= 0.3 is 18.2 Å². The first-order valence-electron chi connectivity index (χ1n) is 11.3. The molecule has 1 saturated carbocycles. The molecule has 1 rings (SSSR count). The minimum absolute atomic E-state index is 0.0980. The lowest BCUT2D eigenvalue weighted by molar-refractivity contribution is -0.141. The summed E-state index contributed by atoms with van der Waals surface area (Å²) in [5, 5.41) is 5.79. The van der Waals surface area contributed by atoms with E-state index in [4.69, 9.17) is 14.2 Å². The highest BCUT2D eigenvalue weighted by atomic mass is 16.6. The highest BCUT2D eigenvalue weighted by molar-refractivity contribution is 5.68. The van der Waals surface area contributed by atoms with Crippen LogP contribution < -0.4 is 10.6 Å². The normalized spacial score (nSPS) is 20.4.